The van der Waals surface area contributed by atoms with Gasteiger partial charge in [-0.25, -0.2) is 0 Å². The van der Waals surface area contributed by atoms with Gasteiger partial charge < -0.3 is 10.5 Å². The van der Waals surface area contributed by atoms with E-state index in [1.165, 1.54) is 37.0 Å². The third-order valence-corrected chi connectivity index (χ3v) is 4.48. The second-order valence-electron chi connectivity index (χ2n) is 4.70. The van der Waals surface area contributed by atoms with Gasteiger partial charge in [-0.1, -0.05) is 12.8 Å². The van der Waals surface area contributed by atoms with Gasteiger partial charge in [-0.3, -0.25) is 4.79 Å². The maximum atomic E-state index is 11.0. The fraction of sp³-hybridized carbons (Fsp3) is 0.615. The summed E-state index contributed by atoms with van der Waals surface area (Å²) in [4.78, 5) is 11.8. The summed E-state index contributed by atoms with van der Waals surface area (Å²) in [5.74, 6) is 0.815. The number of carbonyl (C=O) groups excluding carboxylic acids is 1. The number of thiophene rings is 1. The van der Waals surface area contributed by atoms with Gasteiger partial charge in [0, 0.05) is 10.3 Å². The molecule has 0 spiro atoms. The second-order valence-corrected chi connectivity index (χ2v) is 6.01. The molecule has 2 N–H and O–H groups in total. The van der Waals surface area contributed by atoms with E-state index in [1.807, 2.05) is 11.4 Å². The van der Waals surface area contributed by atoms with Gasteiger partial charge in [0.05, 0.1) is 6.10 Å². The monoisotopic (exact) mass is 287 g/mol. The summed E-state index contributed by atoms with van der Waals surface area (Å²) in [6.07, 6.45) is 7.62. The molecule has 0 amide bonds. The van der Waals surface area contributed by atoms with Crippen molar-refractivity contribution in [3.05, 3.63) is 16.3 Å². The highest BCUT2D eigenvalue weighted by Crippen LogP contribution is 2.30. The highest BCUT2D eigenvalue weighted by Gasteiger charge is 2.18. The molecule has 0 saturated heterocycles. The molecule has 18 heavy (non-hydrogen) atoms. The maximum absolute atomic E-state index is 11.0. The Morgan fingerprint density at radius 2 is 2.06 bits per heavy atom. The van der Waals surface area contributed by atoms with Crippen molar-refractivity contribution in [2.24, 2.45) is 5.73 Å². The molecule has 0 radical (unpaired) electrons. The van der Waals surface area contributed by atoms with Crippen LogP contribution in [-0.2, 0) is 4.79 Å². The number of hydrogen-bond acceptors (Lipinski definition) is 4. The molecule has 0 aromatic carbocycles. The Kier molecular flexibility index (Phi) is 5.03. The lowest BCUT2D eigenvalue weighted by atomic mass is 10.1. The summed E-state index contributed by atoms with van der Waals surface area (Å²) in [6.45, 7) is 0. The zero-order valence-corrected chi connectivity index (χ0v) is 11.8. The van der Waals surface area contributed by atoms with E-state index in [0.29, 0.717) is 6.10 Å². The molecule has 1 aliphatic rings. The van der Waals surface area contributed by atoms with Crippen LogP contribution in [0, 0.1) is 0 Å². The Bertz CT molecular complexity index is 399. The first kappa shape index (κ1) is 13.8. The molecule has 1 saturated carbocycles. The smallest absolute Gasteiger partial charge is 0.243 e. The largest absolute Gasteiger partial charge is 0.490 e. The van der Waals surface area contributed by atoms with E-state index in [2.05, 4.69) is 0 Å². The molecule has 0 bridgehead atoms. The third-order valence-electron chi connectivity index (χ3n) is 3.25. The van der Waals surface area contributed by atoms with Gasteiger partial charge in [0.25, 0.3) is 0 Å². The van der Waals surface area contributed by atoms with Crippen LogP contribution in [-0.4, -0.2) is 11.3 Å². The van der Waals surface area contributed by atoms with Gasteiger partial charge in [-0.05, 0) is 43.4 Å². The Hall–Kier alpha value is -0.580. The lowest BCUT2D eigenvalue weighted by Crippen LogP contribution is -2.16. The number of nitrogens with two attached hydrogens (primary N) is 1. The molecule has 1 fully saturated rings. The van der Waals surface area contributed by atoms with Crippen molar-refractivity contribution in [1.82, 2.24) is 0 Å². The Balaban J connectivity index is 1.95. The minimum atomic E-state index is -0.733. The van der Waals surface area contributed by atoms with Crippen molar-refractivity contribution in [3.8, 4) is 5.75 Å². The zero-order chi connectivity index (χ0) is 13.0. The van der Waals surface area contributed by atoms with E-state index in [1.54, 1.807) is 0 Å². The summed E-state index contributed by atoms with van der Waals surface area (Å²) in [5, 5.41) is 1.37. The Morgan fingerprint density at radius 3 is 2.67 bits per heavy atom. The molecular formula is C13H18ClNO2S. The van der Waals surface area contributed by atoms with E-state index in [-0.39, 0.29) is 0 Å². The van der Waals surface area contributed by atoms with E-state index < -0.39 is 11.3 Å². The number of carbonyl (C=O) groups is 1. The van der Waals surface area contributed by atoms with Crippen LogP contribution in [0.1, 0.15) is 49.4 Å². The molecule has 1 aliphatic carbocycles. The number of ether oxygens (including phenoxy) is 1. The Labute approximate surface area is 116 Å². The van der Waals surface area contributed by atoms with Gasteiger partial charge in [-0.2, -0.15) is 0 Å². The summed E-state index contributed by atoms with van der Waals surface area (Å²) < 4.78 is 5.95. The van der Waals surface area contributed by atoms with Gasteiger partial charge in [0.2, 0.25) is 5.24 Å². The molecule has 5 heteroatoms. The summed E-state index contributed by atoms with van der Waals surface area (Å²) in [6, 6.07) is 1.10. The highest BCUT2D eigenvalue weighted by atomic mass is 35.5. The number of hydrogen-bond donors (Lipinski definition) is 1. The van der Waals surface area contributed by atoms with Crippen LogP contribution in [0.15, 0.2) is 11.4 Å². The first-order chi connectivity index (χ1) is 8.66. The Morgan fingerprint density at radius 1 is 1.39 bits per heavy atom. The van der Waals surface area contributed by atoms with Crippen LogP contribution in [0.2, 0.25) is 0 Å². The van der Waals surface area contributed by atoms with Crippen molar-refractivity contribution >= 4 is 28.2 Å². The molecule has 2 rings (SSSR count). The van der Waals surface area contributed by atoms with Crippen LogP contribution < -0.4 is 10.5 Å². The molecule has 1 atom stereocenters. The summed E-state index contributed by atoms with van der Waals surface area (Å²) >= 11 is 6.81. The number of halogens is 1. The predicted octanol–water partition coefficient (Wildman–Crippen LogP) is 3.61. The van der Waals surface area contributed by atoms with Gasteiger partial charge >= 0.3 is 0 Å². The lowest BCUT2D eigenvalue weighted by Gasteiger charge is -2.15. The van der Waals surface area contributed by atoms with E-state index >= 15 is 0 Å². The number of rotatable bonds is 4. The van der Waals surface area contributed by atoms with Crippen molar-refractivity contribution in [2.75, 3.05) is 0 Å². The van der Waals surface area contributed by atoms with Crippen LogP contribution in [0.5, 0.6) is 5.75 Å². The lowest BCUT2D eigenvalue weighted by molar-refractivity contribution is -0.112. The van der Waals surface area contributed by atoms with Crippen molar-refractivity contribution in [2.45, 2.75) is 50.7 Å². The molecule has 0 aliphatic heterocycles. The first-order valence-corrected chi connectivity index (χ1v) is 7.62. The second kappa shape index (κ2) is 6.55. The van der Waals surface area contributed by atoms with E-state index in [0.717, 1.165) is 23.5 Å². The van der Waals surface area contributed by atoms with Gasteiger partial charge in [0.1, 0.15) is 11.8 Å². The average molecular weight is 288 g/mol. The quantitative estimate of drug-likeness (QED) is 0.680. The van der Waals surface area contributed by atoms with Crippen molar-refractivity contribution in [1.29, 1.82) is 0 Å². The molecule has 1 aromatic heterocycles. The molecular weight excluding hydrogens is 270 g/mol. The molecule has 1 unspecified atom stereocenters. The third kappa shape index (κ3) is 3.70. The van der Waals surface area contributed by atoms with Gasteiger partial charge in [0.15, 0.2) is 0 Å². The summed E-state index contributed by atoms with van der Waals surface area (Å²) in [7, 11) is 0. The van der Waals surface area contributed by atoms with Crippen LogP contribution in [0.4, 0.5) is 0 Å². The topological polar surface area (TPSA) is 52.3 Å². The first-order valence-electron chi connectivity index (χ1n) is 6.37. The molecule has 100 valence electrons. The summed E-state index contributed by atoms with van der Waals surface area (Å²) in [5.41, 5.74) is 5.68. The molecule has 3 nitrogen and oxygen atoms in total. The van der Waals surface area contributed by atoms with E-state index in [4.69, 9.17) is 22.1 Å². The minimum absolute atomic E-state index is 0.304. The average Bonchev–Trinajstić information content (AvgIpc) is 2.64. The zero-order valence-electron chi connectivity index (χ0n) is 10.2. The molecule has 1 aromatic rings. The molecule has 1 heterocycles. The van der Waals surface area contributed by atoms with E-state index in [9.17, 15) is 4.79 Å². The normalized spacial score (nSPS) is 19.2. The predicted molar refractivity (Wildman–Crippen MR) is 74.2 cm³/mol. The SMILES string of the molecule is NC(C(=O)Cl)c1cc(OC2CCCCCC2)cs1. The highest BCUT2D eigenvalue weighted by molar-refractivity contribution is 7.10. The van der Waals surface area contributed by atoms with Crippen molar-refractivity contribution < 1.29 is 9.53 Å². The standard InChI is InChI=1S/C13H18ClNO2S/c14-13(16)12(15)11-7-10(8-18-11)17-9-5-3-1-2-4-6-9/h7-9,12H,1-6,15H2. The minimum Gasteiger partial charge on any atom is -0.490 e. The van der Waals surface area contributed by atoms with Crippen LogP contribution >= 0.6 is 22.9 Å². The fourth-order valence-corrected chi connectivity index (χ4v) is 3.22. The van der Waals surface area contributed by atoms with Gasteiger partial charge in [-0.15, -0.1) is 11.3 Å². The maximum Gasteiger partial charge on any atom is 0.243 e. The van der Waals surface area contributed by atoms with Crippen LogP contribution in [0.3, 0.4) is 0 Å². The van der Waals surface area contributed by atoms with Crippen LogP contribution in [0.25, 0.3) is 0 Å². The fourth-order valence-electron chi connectivity index (χ4n) is 2.22. The van der Waals surface area contributed by atoms with Crippen molar-refractivity contribution in [3.63, 3.8) is 0 Å².